The van der Waals surface area contributed by atoms with E-state index in [9.17, 15) is 4.79 Å². The van der Waals surface area contributed by atoms with Gasteiger partial charge in [-0.2, -0.15) is 5.10 Å². The number of rotatable bonds is 0. The molecule has 0 saturated carbocycles. The molecule has 2 N–H and O–H groups in total. The van der Waals surface area contributed by atoms with Crippen molar-refractivity contribution in [2.75, 3.05) is 36.4 Å². The van der Waals surface area contributed by atoms with Gasteiger partial charge in [0.2, 0.25) is 18.1 Å². The van der Waals surface area contributed by atoms with Crippen LogP contribution in [0.4, 0.5) is 17.3 Å². The molecule has 7 heterocycles. The molecule has 1 fully saturated rings. The van der Waals surface area contributed by atoms with Crippen molar-refractivity contribution >= 4 is 28.7 Å². The second-order valence-corrected chi connectivity index (χ2v) is 9.39. The Morgan fingerprint density at radius 2 is 1.69 bits per heavy atom. The summed E-state index contributed by atoms with van der Waals surface area (Å²) >= 11 is 0. The van der Waals surface area contributed by atoms with Gasteiger partial charge in [-0.25, -0.2) is 9.50 Å². The zero-order chi connectivity index (χ0) is 23.6. The third kappa shape index (κ3) is 4.58. The summed E-state index contributed by atoms with van der Waals surface area (Å²) in [7, 11) is 0. The zero-order valence-corrected chi connectivity index (χ0v) is 19.9. The van der Waals surface area contributed by atoms with Gasteiger partial charge in [-0.05, 0) is 49.2 Å². The van der Waals surface area contributed by atoms with Gasteiger partial charge in [-0.15, -0.1) is 9.78 Å². The van der Waals surface area contributed by atoms with Crippen LogP contribution < -0.4 is 14.9 Å². The highest BCUT2D eigenvalue weighted by Gasteiger charge is 2.21. The highest BCUT2D eigenvalue weighted by atomic mass is 16.2. The molecule has 0 aliphatic carbocycles. The fourth-order valence-electron chi connectivity index (χ4n) is 5.01. The smallest absolute Gasteiger partial charge is 0.245 e. The Bertz CT molecular complexity index is 1320. The number of aryl methyl sites for hydroxylation is 1. The fraction of sp³-hybridized carbons (Fsp3) is 0.385. The largest absolute Gasteiger partial charge is 0.368 e. The van der Waals surface area contributed by atoms with E-state index < -0.39 is 0 Å². The topological polar surface area (TPSA) is 85.4 Å². The first-order valence-electron chi connectivity index (χ1n) is 12.6. The van der Waals surface area contributed by atoms with Gasteiger partial charge in [0.25, 0.3) is 0 Å². The van der Waals surface area contributed by atoms with E-state index in [1.807, 2.05) is 27.9 Å². The van der Waals surface area contributed by atoms with E-state index in [-0.39, 0.29) is 0 Å². The first kappa shape index (κ1) is 21.6. The molecular weight excluding hydrogens is 440 g/mol. The molecule has 8 bridgehead atoms. The maximum absolute atomic E-state index is 12.7. The third-order valence-corrected chi connectivity index (χ3v) is 7.04. The van der Waals surface area contributed by atoms with Crippen LogP contribution in [0, 0.1) is 0 Å². The molecule has 1 amide bonds. The summed E-state index contributed by atoms with van der Waals surface area (Å²) in [6.07, 6.45) is 10.9. The second-order valence-electron chi connectivity index (χ2n) is 9.39. The first-order valence-corrected chi connectivity index (χ1v) is 12.6. The Labute approximate surface area is 204 Å². The number of hydrogen-bond donors (Lipinski definition) is 2. The molecule has 4 aliphatic rings. The van der Waals surface area contributed by atoms with Gasteiger partial charge in [0.15, 0.2) is 6.54 Å². The number of fused-ring (bicyclic) bond motifs is 2. The van der Waals surface area contributed by atoms with Crippen LogP contribution in [0.1, 0.15) is 32.1 Å². The van der Waals surface area contributed by atoms with Crippen LogP contribution in [0.3, 0.4) is 0 Å². The van der Waals surface area contributed by atoms with Gasteiger partial charge in [0.1, 0.15) is 0 Å². The van der Waals surface area contributed by atoms with E-state index in [2.05, 4.69) is 61.5 Å². The molecular formula is C26H31N8O+. The van der Waals surface area contributed by atoms with Crippen molar-refractivity contribution in [3.63, 3.8) is 0 Å². The molecule has 0 atom stereocenters. The van der Waals surface area contributed by atoms with Crippen molar-refractivity contribution in [1.82, 2.24) is 24.6 Å². The second kappa shape index (κ2) is 9.40. The summed E-state index contributed by atoms with van der Waals surface area (Å²) in [4.78, 5) is 21.5. The number of piperazine rings is 1. The number of aromatic amines is 1. The Hall–Kier alpha value is -3.88. The number of amides is 1. The van der Waals surface area contributed by atoms with E-state index in [1.54, 1.807) is 0 Å². The fourth-order valence-corrected chi connectivity index (χ4v) is 5.01. The summed E-state index contributed by atoms with van der Waals surface area (Å²) in [6, 6.07) is 12.5. The maximum atomic E-state index is 12.7. The van der Waals surface area contributed by atoms with Crippen LogP contribution in [0.25, 0.3) is 16.8 Å². The molecule has 0 spiro atoms. The quantitative estimate of drug-likeness (QED) is 0.384. The lowest BCUT2D eigenvalue weighted by Crippen LogP contribution is -2.48. The number of aromatic nitrogens is 5. The minimum Gasteiger partial charge on any atom is -0.368 e. The van der Waals surface area contributed by atoms with Gasteiger partial charge in [0, 0.05) is 50.4 Å². The predicted molar refractivity (Wildman–Crippen MR) is 135 cm³/mol. The first-order chi connectivity index (χ1) is 17.2. The van der Waals surface area contributed by atoms with Crippen LogP contribution in [-0.2, 0) is 11.3 Å². The highest BCUT2D eigenvalue weighted by molar-refractivity contribution is 5.76. The Morgan fingerprint density at radius 1 is 0.886 bits per heavy atom. The summed E-state index contributed by atoms with van der Waals surface area (Å²) < 4.78 is 4.06. The standard InChI is InChI=1S/C26H30N8O/c35-25-5-3-1-2-4-12-33-19-20(17-28-33)24-11-10-23-18-27-26(30-34(23)24)29-21-6-8-22(9-7-21)31-13-15-32(25)16-14-31/h6-11,17-19H,1-5,12-16H2,(H,29,30)/p+1. The molecule has 0 unspecified atom stereocenters. The number of carbonyl (C=O) groups is 1. The summed E-state index contributed by atoms with van der Waals surface area (Å²) in [5.41, 5.74) is 5.17. The van der Waals surface area contributed by atoms with Crippen LogP contribution in [0.2, 0.25) is 0 Å². The average Bonchev–Trinajstić information content (AvgIpc) is 3.53. The van der Waals surface area contributed by atoms with Gasteiger partial charge in [0.05, 0.1) is 29.2 Å². The number of nitrogens with one attached hydrogen (secondary N) is 2. The molecule has 4 aliphatic heterocycles. The lowest BCUT2D eigenvalue weighted by atomic mass is 10.1. The van der Waals surface area contributed by atoms with E-state index >= 15 is 0 Å². The minimum absolute atomic E-state index is 0.297. The highest BCUT2D eigenvalue weighted by Crippen LogP contribution is 2.24. The number of hydrogen-bond acceptors (Lipinski definition) is 5. The molecule has 8 rings (SSSR count). The van der Waals surface area contributed by atoms with Gasteiger partial charge < -0.3 is 15.1 Å². The lowest BCUT2D eigenvalue weighted by Gasteiger charge is -2.36. The van der Waals surface area contributed by atoms with Crippen LogP contribution in [0.15, 0.2) is 55.0 Å². The van der Waals surface area contributed by atoms with E-state index in [4.69, 9.17) is 5.10 Å². The van der Waals surface area contributed by atoms with Crippen molar-refractivity contribution in [3.8, 4) is 11.3 Å². The van der Waals surface area contributed by atoms with E-state index in [0.717, 1.165) is 80.9 Å². The van der Waals surface area contributed by atoms with Crippen molar-refractivity contribution in [1.29, 1.82) is 0 Å². The Balaban J connectivity index is 1.28. The van der Waals surface area contributed by atoms with E-state index in [0.29, 0.717) is 18.3 Å². The number of anilines is 3. The van der Waals surface area contributed by atoms with Crippen LogP contribution >= 0.6 is 0 Å². The SMILES string of the molecule is O=C1CCCCCC[n+]2cc(c[nH]2)-c2ccc3cnc(nn23)Nc2ccc(cc2)N2CCN1CC2. The Morgan fingerprint density at radius 3 is 2.54 bits per heavy atom. The summed E-state index contributed by atoms with van der Waals surface area (Å²) in [6.45, 7) is 4.24. The number of H-pyrrole nitrogens is 1. The molecule has 9 heteroatoms. The number of nitrogens with zero attached hydrogens (tertiary/aromatic N) is 6. The monoisotopic (exact) mass is 471 g/mol. The summed E-state index contributed by atoms with van der Waals surface area (Å²) in [5, 5.41) is 11.4. The zero-order valence-electron chi connectivity index (χ0n) is 19.9. The normalized spacial score (nSPS) is 17.3. The minimum atomic E-state index is 0.297. The van der Waals surface area contributed by atoms with Gasteiger partial charge in [-0.1, -0.05) is 6.42 Å². The van der Waals surface area contributed by atoms with Crippen molar-refractivity contribution < 1.29 is 9.48 Å². The van der Waals surface area contributed by atoms with Crippen LogP contribution in [-0.4, -0.2) is 56.7 Å². The molecule has 0 radical (unpaired) electrons. The average molecular weight is 472 g/mol. The summed E-state index contributed by atoms with van der Waals surface area (Å²) in [5.74, 6) is 0.850. The van der Waals surface area contributed by atoms with Gasteiger partial charge >= 0.3 is 0 Å². The molecule has 4 aromatic rings. The third-order valence-electron chi connectivity index (χ3n) is 7.04. The van der Waals surface area contributed by atoms with E-state index in [1.165, 1.54) is 5.69 Å². The maximum Gasteiger partial charge on any atom is 0.245 e. The number of benzene rings is 1. The van der Waals surface area contributed by atoms with Gasteiger partial charge in [-0.3, -0.25) is 4.79 Å². The molecule has 9 nitrogen and oxygen atoms in total. The van der Waals surface area contributed by atoms with Crippen molar-refractivity contribution in [2.24, 2.45) is 0 Å². The van der Waals surface area contributed by atoms with Crippen molar-refractivity contribution in [2.45, 2.75) is 38.6 Å². The molecule has 1 aromatic carbocycles. The van der Waals surface area contributed by atoms with Crippen molar-refractivity contribution in [3.05, 3.63) is 55.0 Å². The lowest BCUT2D eigenvalue weighted by molar-refractivity contribution is -0.750. The Kier molecular flexibility index (Phi) is 5.81. The molecule has 1 saturated heterocycles. The molecule has 3 aromatic heterocycles. The molecule has 180 valence electrons. The van der Waals surface area contributed by atoms with Crippen LogP contribution in [0.5, 0.6) is 0 Å². The number of carbonyl (C=O) groups excluding carboxylic acids is 1. The predicted octanol–water partition coefficient (Wildman–Crippen LogP) is 3.37. The molecule has 35 heavy (non-hydrogen) atoms.